The van der Waals surface area contributed by atoms with Crippen molar-refractivity contribution >= 4 is 40.9 Å². The topological polar surface area (TPSA) is 58.2 Å². The number of carbonyl (C=O) groups is 2. The third-order valence-electron chi connectivity index (χ3n) is 2.89. The maximum absolute atomic E-state index is 11.9. The van der Waals surface area contributed by atoms with Gasteiger partial charge in [0.15, 0.2) is 0 Å². The fraction of sp³-hybridized carbons (Fsp3) is 0.125. The van der Waals surface area contributed by atoms with Crippen molar-refractivity contribution in [3.63, 3.8) is 0 Å². The number of rotatable bonds is 5. The number of nitrogens with one attached hydrogen (secondary N) is 2. The molecule has 2 rings (SSSR count). The maximum atomic E-state index is 11.9. The van der Waals surface area contributed by atoms with Crippen molar-refractivity contribution in [1.29, 1.82) is 0 Å². The van der Waals surface area contributed by atoms with Gasteiger partial charge in [0.1, 0.15) is 0 Å². The largest absolute Gasteiger partial charge is 0.343 e. The molecule has 6 heteroatoms. The lowest BCUT2D eigenvalue weighted by atomic mass is 10.2. The van der Waals surface area contributed by atoms with Gasteiger partial charge in [-0.15, -0.1) is 11.8 Å². The third kappa shape index (κ3) is 4.79. The molecule has 0 bridgehead atoms. The minimum Gasteiger partial charge on any atom is -0.343 e. The van der Waals surface area contributed by atoms with Crippen molar-refractivity contribution in [2.24, 2.45) is 0 Å². The zero-order valence-electron chi connectivity index (χ0n) is 11.9. The van der Waals surface area contributed by atoms with Crippen LogP contribution >= 0.6 is 23.4 Å². The van der Waals surface area contributed by atoms with Gasteiger partial charge in [-0.1, -0.05) is 11.6 Å². The average molecular weight is 335 g/mol. The third-order valence-corrected chi connectivity index (χ3v) is 3.89. The number of hydrogen-bond donors (Lipinski definition) is 2. The molecule has 2 N–H and O–H groups in total. The molecule has 2 aromatic carbocycles. The number of halogens is 1. The molecule has 22 heavy (non-hydrogen) atoms. The van der Waals surface area contributed by atoms with E-state index in [2.05, 4.69) is 10.6 Å². The summed E-state index contributed by atoms with van der Waals surface area (Å²) in [6.07, 6.45) is 1.99. The van der Waals surface area contributed by atoms with Gasteiger partial charge in [-0.05, 0) is 54.8 Å². The first-order valence-corrected chi connectivity index (χ1v) is 8.16. The second-order valence-corrected chi connectivity index (χ2v) is 5.78. The van der Waals surface area contributed by atoms with E-state index in [0.717, 1.165) is 4.90 Å². The van der Waals surface area contributed by atoms with E-state index in [1.807, 2.05) is 30.5 Å². The van der Waals surface area contributed by atoms with Crippen molar-refractivity contribution < 1.29 is 9.59 Å². The average Bonchev–Trinajstić information content (AvgIpc) is 2.54. The van der Waals surface area contributed by atoms with Crippen LogP contribution in [-0.2, 0) is 4.79 Å². The molecular formula is C16H15ClN2O2S. The Hall–Kier alpha value is -1.98. The van der Waals surface area contributed by atoms with Gasteiger partial charge in [0.25, 0.3) is 5.91 Å². The zero-order chi connectivity index (χ0) is 15.9. The molecule has 0 aliphatic carbocycles. The van der Waals surface area contributed by atoms with Crippen LogP contribution in [0.25, 0.3) is 0 Å². The Labute approximate surface area is 138 Å². The zero-order valence-corrected chi connectivity index (χ0v) is 13.5. The van der Waals surface area contributed by atoms with Crippen molar-refractivity contribution in [1.82, 2.24) is 5.32 Å². The standard InChI is InChI=1S/C16H15ClN2O2S/c1-22-14-8-6-13(7-9-14)19-15(20)10-18-16(21)11-2-4-12(17)5-3-11/h2-9H,10H2,1H3,(H,18,21)(H,19,20). The number of anilines is 1. The van der Waals surface area contributed by atoms with E-state index in [-0.39, 0.29) is 18.4 Å². The summed E-state index contributed by atoms with van der Waals surface area (Å²) in [5.41, 5.74) is 1.16. The Morgan fingerprint density at radius 3 is 2.27 bits per heavy atom. The Morgan fingerprint density at radius 2 is 1.68 bits per heavy atom. The van der Waals surface area contributed by atoms with Crippen LogP contribution in [0.4, 0.5) is 5.69 Å². The molecule has 0 aromatic heterocycles. The second kappa shape index (κ2) is 7.87. The van der Waals surface area contributed by atoms with Gasteiger partial charge < -0.3 is 10.6 Å². The van der Waals surface area contributed by atoms with Crippen molar-refractivity contribution in [2.75, 3.05) is 18.1 Å². The first-order valence-electron chi connectivity index (χ1n) is 6.56. The van der Waals surface area contributed by atoms with E-state index in [4.69, 9.17) is 11.6 Å². The number of benzene rings is 2. The van der Waals surface area contributed by atoms with Gasteiger partial charge in [0.2, 0.25) is 5.91 Å². The van der Waals surface area contributed by atoms with Crippen LogP contribution in [0.1, 0.15) is 10.4 Å². The summed E-state index contributed by atoms with van der Waals surface area (Å²) in [4.78, 5) is 24.8. The molecule has 0 saturated heterocycles. The van der Waals surface area contributed by atoms with E-state index in [9.17, 15) is 9.59 Å². The predicted octanol–water partition coefficient (Wildman–Crippen LogP) is 3.43. The van der Waals surface area contributed by atoms with Gasteiger partial charge in [0, 0.05) is 21.2 Å². The van der Waals surface area contributed by atoms with Crippen LogP contribution in [0, 0.1) is 0 Å². The maximum Gasteiger partial charge on any atom is 0.251 e. The van der Waals surface area contributed by atoms with Crippen molar-refractivity contribution in [2.45, 2.75) is 4.90 Å². The molecule has 2 aromatic rings. The SMILES string of the molecule is CSc1ccc(NC(=O)CNC(=O)c2ccc(Cl)cc2)cc1. The fourth-order valence-corrected chi connectivity index (χ4v) is 2.28. The van der Waals surface area contributed by atoms with Crippen molar-refractivity contribution in [3.8, 4) is 0 Å². The quantitative estimate of drug-likeness (QED) is 0.824. The molecule has 2 amide bonds. The van der Waals surface area contributed by atoms with E-state index in [1.165, 1.54) is 0 Å². The summed E-state index contributed by atoms with van der Waals surface area (Å²) >= 11 is 7.39. The van der Waals surface area contributed by atoms with Crippen LogP contribution in [0.5, 0.6) is 0 Å². The van der Waals surface area contributed by atoms with E-state index in [1.54, 1.807) is 36.0 Å². The molecule has 0 spiro atoms. The Morgan fingerprint density at radius 1 is 1.05 bits per heavy atom. The van der Waals surface area contributed by atoms with Crippen LogP contribution in [0.2, 0.25) is 5.02 Å². The molecule has 0 radical (unpaired) electrons. The lowest BCUT2D eigenvalue weighted by Gasteiger charge is -2.07. The monoisotopic (exact) mass is 334 g/mol. The lowest BCUT2D eigenvalue weighted by molar-refractivity contribution is -0.115. The molecule has 0 atom stereocenters. The smallest absolute Gasteiger partial charge is 0.251 e. The van der Waals surface area contributed by atoms with Crippen molar-refractivity contribution in [3.05, 3.63) is 59.1 Å². The van der Waals surface area contributed by atoms with E-state index >= 15 is 0 Å². The molecule has 0 fully saturated rings. The Kier molecular flexibility index (Phi) is 5.86. The number of amides is 2. The second-order valence-electron chi connectivity index (χ2n) is 4.47. The molecule has 0 heterocycles. The van der Waals surface area contributed by atoms with Crippen LogP contribution < -0.4 is 10.6 Å². The molecule has 0 unspecified atom stereocenters. The van der Waals surface area contributed by atoms with Crippen LogP contribution in [0.3, 0.4) is 0 Å². The highest BCUT2D eigenvalue weighted by molar-refractivity contribution is 7.98. The first-order chi connectivity index (χ1) is 10.6. The summed E-state index contributed by atoms with van der Waals surface area (Å²) in [6, 6.07) is 14.0. The Bertz CT molecular complexity index is 657. The molecule has 114 valence electrons. The van der Waals surface area contributed by atoms with E-state index < -0.39 is 0 Å². The van der Waals surface area contributed by atoms with Crippen LogP contribution in [-0.4, -0.2) is 24.6 Å². The number of carbonyl (C=O) groups excluding carboxylic acids is 2. The number of hydrogen-bond acceptors (Lipinski definition) is 3. The summed E-state index contributed by atoms with van der Waals surface area (Å²) in [5.74, 6) is -0.594. The highest BCUT2D eigenvalue weighted by Crippen LogP contribution is 2.17. The highest BCUT2D eigenvalue weighted by Gasteiger charge is 2.08. The van der Waals surface area contributed by atoms with Gasteiger partial charge >= 0.3 is 0 Å². The summed E-state index contributed by atoms with van der Waals surface area (Å²) in [6.45, 7) is -0.0915. The number of thioether (sulfide) groups is 1. The normalized spacial score (nSPS) is 10.1. The minimum absolute atomic E-state index is 0.0915. The predicted molar refractivity (Wildman–Crippen MR) is 90.6 cm³/mol. The Balaban J connectivity index is 1.84. The van der Waals surface area contributed by atoms with Gasteiger partial charge in [-0.3, -0.25) is 9.59 Å². The highest BCUT2D eigenvalue weighted by atomic mass is 35.5. The molecule has 0 aliphatic rings. The molecule has 4 nitrogen and oxygen atoms in total. The lowest BCUT2D eigenvalue weighted by Crippen LogP contribution is -2.32. The van der Waals surface area contributed by atoms with Gasteiger partial charge in [-0.25, -0.2) is 0 Å². The first kappa shape index (κ1) is 16.4. The minimum atomic E-state index is -0.315. The summed E-state index contributed by atoms with van der Waals surface area (Å²) in [7, 11) is 0. The summed E-state index contributed by atoms with van der Waals surface area (Å²) in [5, 5.41) is 5.85. The van der Waals surface area contributed by atoms with Gasteiger partial charge in [-0.2, -0.15) is 0 Å². The molecule has 0 aliphatic heterocycles. The van der Waals surface area contributed by atoms with Gasteiger partial charge in [0.05, 0.1) is 6.54 Å². The molecule has 0 saturated carbocycles. The van der Waals surface area contributed by atoms with E-state index in [0.29, 0.717) is 16.3 Å². The van der Waals surface area contributed by atoms with Crippen LogP contribution in [0.15, 0.2) is 53.4 Å². The summed E-state index contributed by atoms with van der Waals surface area (Å²) < 4.78 is 0. The fourth-order valence-electron chi connectivity index (χ4n) is 1.74. The molecular weight excluding hydrogens is 320 g/mol.